The fourth-order valence-corrected chi connectivity index (χ4v) is 4.76. The Bertz CT molecular complexity index is 1490. The highest BCUT2D eigenvalue weighted by Gasteiger charge is 2.58. The van der Waals surface area contributed by atoms with Crippen molar-refractivity contribution in [2.24, 2.45) is 0 Å². The summed E-state index contributed by atoms with van der Waals surface area (Å²) in [5, 5.41) is 15.9. The number of nitrogens with one attached hydrogen (secondary N) is 1. The minimum atomic E-state index is -1.65. The third kappa shape index (κ3) is 4.14. The van der Waals surface area contributed by atoms with Crippen molar-refractivity contribution in [2.45, 2.75) is 31.5 Å². The van der Waals surface area contributed by atoms with Crippen LogP contribution in [-0.4, -0.2) is 46.5 Å². The van der Waals surface area contributed by atoms with Gasteiger partial charge in [0.05, 0.1) is 11.7 Å². The molecule has 1 saturated heterocycles. The smallest absolute Gasteiger partial charge is 0.323 e. The number of Topliss-reactive ketones (excluding diaryl/α,β-unsaturated/α-hetero) is 1. The number of hydrogen-bond donors (Lipinski definition) is 1. The Labute approximate surface area is 211 Å². The fourth-order valence-electron chi connectivity index (χ4n) is 4.76. The summed E-state index contributed by atoms with van der Waals surface area (Å²) in [6, 6.07) is 19.1. The van der Waals surface area contributed by atoms with Gasteiger partial charge in [0.25, 0.3) is 5.91 Å². The van der Waals surface area contributed by atoms with Crippen LogP contribution in [0.1, 0.15) is 24.0 Å². The van der Waals surface area contributed by atoms with E-state index in [1.54, 1.807) is 30.3 Å². The number of hydrogen-bond acceptors (Lipinski definition) is 7. The summed E-state index contributed by atoms with van der Waals surface area (Å²) in [5.74, 6) is -6.08. The molecular formula is C28H21N2O7-. The molecule has 3 aromatic carbocycles. The van der Waals surface area contributed by atoms with E-state index < -0.39 is 53.2 Å². The van der Waals surface area contributed by atoms with Crippen molar-refractivity contribution in [1.29, 1.82) is 0 Å². The van der Waals surface area contributed by atoms with E-state index >= 15 is 0 Å². The van der Waals surface area contributed by atoms with Crippen molar-refractivity contribution in [2.75, 3.05) is 0 Å². The third-order valence-electron chi connectivity index (χ3n) is 6.65. The molecule has 3 aromatic rings. The summed E-state index contributed by atoms with van der Waals surface area (Å²) in [6.07, 6.45) is 0. The predicted octanol–water partition coefficient (Wildman–Crippen LogP) is 0.969. The average molecular weight is 497 g/mol. The van der Waals surface area contributed by atoms with E-state index in [1.165, 1.54) is 6.92 Å². The predicted molar refractivity (Wildman–Crippen MR) is 128 cm³/mol. The number of carboxylic acid groups (broad SMARTS) is 1. The molecule has 3 atom stereocenters. The van der Waals surface area contributed by atoms with E-state index in [4.69, 9.17) is 4.74 Å². The molecule has 2 unspecified atom stereocenters. The number of rotatable bonds is 7. The molecule has 2 heterocycles. The van der Waals surface area contributed by atoms with Crippen LogP contribution in [0.4, 0.5) is 0 Å². The molecule has 2 amide bonds. The molecule has 37 heavy (non-hydrogen) atoms. The van der Waals surface area contributed by atoms with Crippen LogP contribution in [0, 0.1) is 0 Å². The van der Waals surface area contributed by atoms with Crippen LogP contribution in [0.3, 0.4) is 0 Å². The first kappa shape index (κ1) is 23.9. The molecule has 0 saturated carbocycles. The highest BCUT2D eigenvalue weighted by molar-refractivity contribution is 6.20. The average Bonchev–Trinajstić information content (AvgIpc) is 3.14. The molecule has 0 aliphatic carbocycles. The molecule has 0 radical (unpaired) electrons. The molecule has 186 valence electrons. The molecule has 9 nitrogen and oxygen atoms in total. The Morgan fingerprint density at radius 1 is 0.973 bits per heavy atom. The highest BCUT2D eigenvalue weighted by Crippen LogP contribution is 2.36. The minimum absolute atomic E-state index is 0.0738. The Kier molecular flexibility index (Phi) is 6.04. The number of carboxylic acids is 1. The minimum Gasteiger partial charge on any atom is -0.543 e. The quantitative estimate of drug-likeness (QED) is 0.292. The van der Waals surface area contributed by atoms with Crippen LogP contribution in [0.5, 0.6) is 0 Å². The van der Waals surface area contributed by atoms with Gasteiger partial charge in [-0.05, 0) is 34.9 Å². The normalized spacial score (nSPS) is 19.3. The van der Waals surface area contributed by atoms with E-state index in [1.807, 2.05) is 42.5 Å². The van der Waals surface area contributed by atoms with E-state index in [0.717, 1.165) is 21.2 Å². The Balaban J connectivity index is 1.33. The number of benzene rings is 3. The summed E-state index contributed by atoms with van der Waals surface area (Å²) in [5.41, 5.74) is 0.455. The largest absolute Gasteiger partial charge is 0.543 e. The van der Waals surface area contributed by atoms with Gasteiger partial charge in [-0.1, -0.05) is 66.7 Å². The van der Waals surface area contributed by atoms with Crippen LogP contribution in [0.2, 0.25) is 0 Å². The lowest BCUT2D eigenvalue weighted by Crippen LogP contribution is -2.71. The van der Waals surface area contributed by atoms with Gasteiger partial charge in [-0.3, -0.25) is 24.1 Å². The van der Waals surface area contributed by atoms with Gasteiger partial charge in [0.1, 0.15) is 18.7 Å². The van der Waals surface area contributed by atoms with Crippen molar-refractivity contribution in [3.8, 4) is 0 Å². The van der Waals surface area contributed by atoms with Gasteiger partial charge in [-0.25, -0.2) is 0 Å². The number of carbonyl (C=O) groups is 5. The number of esters is 1. The molecule has 2 aliphatic heterocycles. The summed E-state index contributed by atoms with van der Waals surface area (Å²) in [7, 11) is 0. The maximum absolute atomic E-state index is 13.3. The van der Waals surface area contributed by atoms with Crippen LogP contribution in [0.15, 0.2) is 84.1 Å². The van der Waals surface area contributed by atoms with Crippen molar-refractivity contribution in [3.63, 3.8) is 0 Å². The lowest BCUT2D eigenvalue weighted by molar-refractivity contribution is -0.301. The van der Waals surface area contributed by atoms with Gasteiger partial charge in [-0.2, -0.15) is 0 Å². The molecule has 5 rings (SSSR count). The molecule has 9 heteroatoms. The lowest BCUT2D eigenvalue weighted by Gasteiger charge is -2.43. The molecule has 1 fully saturated rings. The molecule has 0 bridgehead atoms. The molecule has 0 aromatic heterocycles. The highest BCUT2D eigenvalue weighted by atomic mass is 16.5. The van der Waals surface area contributed by atoms with E-state index in [9.17, 15) is 29.1 Å². The molecular weight excluding hydrogens is 476 g/mol. The Morgan fingerprint density at radius 2 is 1.65 bits per heavy atom. The first-order chi connectivity index (χ1) is 17.8. The van der Waals surface area contributed by atoms with Crippen LogP contribution < -0.4 is 10.4 Å². The van der Waals surface area contributed by atoms with Gasteiger partial charge >= 0.3 is 5.97 Å². The standard InChI is InChI=1S/C28H22N2O7/c1-15-22(27(34)35)30-23(24(15)31)21(26(30)33)29-25(32)20(18-8-3-2-4-9-18)28(36)37-14-16-11-12-17-7-5-6-10-19(17)13-16/h2-13,20-21,23H,14H2,1H3,(H,29,32)(H,34,35)/p-1/t20?,21?,23-/m0/s1. The number of nitrogens with zero attached hydrogens (tertiary/aromatic N) is 1. The Morgan fingerprint density at radius 3 is 2.35 bits per heavy atom. The van der Waals surface area contributed by atoms with Gasteiger partial charge < -0.3 is 20.0 Å². The van der Waals surface area contributed by atoms with Crippen molar-refractivity contribution < 1.29 is 33.8 Å². The number of amides is 2. The van der Waals surface area contributed by atoms with E-state index in [-0.39, 0.29) is 12.2 Å². The second-order valence-electron chi connectivity index (χ2n) is 8.90. The van der Waals surface area contributed by atoms with Crippen LogP contribution in [0.25, 0.3) is 10.8 Å². The first-order valence-electron chi connectivity index (χ1n) is 11.6. The molecule has 0 spiro atoms. The number of carbonyl (C=O) groups excluding carboxylic acids is 5. The van der Waals surface area contributed by atoms with Gasteiger partial charge in [0.15, 0.2) is 11.7 Å². The SMILES string of the molecule is CC1=C(C(=O)[O-])N2C(=O)C(NC(=O)C(C(=O)OCc3ccc4ccccc4c3)c3ccccc3)[C@H]2C1=O. The third-order valence-corrected chi connectivity index (χ3v) is 6.65. The summed E-state index contributed by atoms with van der Waals surface area (Å²) in [4.78, 5) is 63.8. The number of aliphatic carboxylic acids is 1. The zero-order valence-electron chi connectivity index (χ0n) is 19.7. The number of ketones is 1. The van der Waals surface area contributed by atoms with Gasteiger partial charge in [0.2, 0.25) is 5.91 Å². The van der Waals surface area contributed by atoms with Crippen LogP contribution in [-0.2, 0) is 35.3 Å². The summed E-state index contributed by atoms with van der Waals surface area (Å²) >= 11 is 0. The van der Waals surface area contributed by atoms with Crippen molar-refractivity contribution >= 4 is 40.3 Å². The lowest BCUT2D eigenvalue weighted by atomic mass is 9.91. The zero-order chi connectivity index (χ0) is 26.3. The fraction of sp³-hybridized carbons (Fsp3) is 0.179. The number of β-lactam (4-membered cyclic amide) rings is 1. The number of ether oxygens (including phenoxy) is 1. The topological polar surface area (TPSA) is 133 Å². The van der Waals surface area contributed by atoms with Gasteiger partial charge in [-0.15, -0.1) is 0 Å². The maximum Gasteiger partial charge on any atom is 0.323 e. The monoisotopic (exact) mass is 497 g/mol. The second kappa shape index (κ2) is 9.34. The van der Waals surface area contributed by atoms with E-state index in [2.05, 4.69) is 5.32 Å². The number of fused-ring (bicyclic) bond motifs is 2. The maximum atomic E-state index is 13.3. The van der Waals surface area contributed by atoms with Crippen molar-refractivity contribution in [1.82, 2.24) is 10.2 Å². The molecule has 1 N–H and O–H groups in total. The van der Waals surface area contributed by atoms with Crippen molar-refractivity contribution in [3.05, 3.63) is 95.2 Å². The first-order valence-corrected chi connectivity index (χ1v) is 11.6. The van der Waals surface area contributed by atoms with Crippen LogP contribution >= 0.6 is 0 Å². The summed E-state index contributed by atoms with van der Waals surface area (Å²) < 4.78 is 5.49. The van der Waals surface area contributed by atoms with E-state index in [0.29, 0.717) is 5.56 Å². The summed E-state index contributed by atoms with van der Waals surface area (Å²) in [6.45, 7) is 1.21. The second-order valence-corrected chi connectivity index (χ2v) is 8.90. The zero-order valence-corrected chi connectivity index (χ0v) is 19.7. The Hall–Kier alpha value is -4.79. The van der Waals surface area contributed by atoms with Gasteiger partial charge in [0, 0.05) is 5.57 Å². The molecule has 2 aliphatic rings.